The second-order valence-corrected chi connectivity index (χ2v) is 8.17. The number of carbonyl (C=O) groups excluding carboxylic acids is 1. The Labute approximate surface area is 141 Å². The van der Waals surface area contributed by atoms with Crippen LogP contribution in [-0.2, 0) is 4.74 Å². The van der Waals surface area contributed by atoms with Gasteiger partial charge in [-0.3, -0.25) is 0 Å². The molecule has 0 aromatic heterocycles. The second kappa shape index (κ2) is 9.04. The Bertz CT molecular complexity index is 369. The number of rotatable bonds is 7. The summed E-state index contributed by atoms with van der Waals surface area (Å²) >= 11 is 1.56. The standard InChI is InChI=1S/C16H28F3NO2S/c1-15(2,3)22-14(21)20-10-4-7-13(20)8-5-11-23-12-6-9-16(17,18)19/h13H,4-12H2,1-3H3/t13-/m0/s1. The van der Waals surface area contributed by atoms with Gasteiger partial charge in [0.25, 0.3) is 0 Å². The molecule has 1 heterocycles. The fourth-order valence-corrected chi connectivity index (χ4v) is 3.52. The van der Waals surface area contributed by atoms with Crippen LogP contribution in [0.3, 0.4) is 0 Å². The third kappa shape index (κ3) is 9.33. The van der Waals surface area contributed by atoms with Crippen molar-refractivity contribution in [2.24, 2.45) is 0 Å². The van der Waals surface area contributed by atoms with Gasteiger partial charge < -0.3 is 9.64 Å². The molecule has 0 radical (unpaired) electrons. The fraction of sp³-hybridized carbons (Fsp3) is 0.938. The zero-order chi connectivity index (χ0) is 17.5. The van der Waals surface area contributed by atoms with Crippen LogP contribution >= 0.6 is 11.8 Å². The summed E-state index contributed by atoms with van der Waals surface area (Å²) in [4.78, 5) is 13.9. The zero-order valence-corrected chi connectivity index (χ0v) is 15.1. The summed E-state index contributed by atoms with van der Waals surface area (Å²) in [6, 6.07) is 0.209. The Morgan fingerprint density at radius 2 is 1.87 bits per heavy atom. The molecule has 7 heteroatoms. The van der Waals surface area contributed by atoms with Gasteiger partial charge in [-0.15, -0.1) is 0 Å². The third-order valence-electron chi connectivity index (χ3n) is 3.58. The van der Waals surface area contributed by atoms with Crippen LogP contribution in [0, 0.1) is 0 Å². The van der Waals surface area contributed by atoms with E-state index in [4.69, 9.17) is 4.74 Å². The number of nitrogens with zero attached hydrogens (tertiary/aromatic N) is 1. The van der Waals surface area contributed by atoms with Crippen molar-refractivity contribution in [2.75, 3.05) is 18.1 Å². The average molecular weight is 355 g/mol. The van der Waals surface area contributed by atoms with Crippen LogP contribution in [0.4, 0.5) is 18.0 Å². The molecule has 3 nitrogen and oxygen atoms in total. The summed E-state index contributed by atoms with van der Waals surface area (Å²) in [7, 11) is 0. The first-order valence-electron chi connectivity index (χ1n) is 8.22. The predicted octanol–water partition coefficient (Wildman–Crippen LogP) is 5.24. The van der Waals surface area contributed by atoms with Crippen LogP contribution in [0.5, 0.6) is 0 Å². The smallest absolute Gasteiger partial charge is 0.410 e. The van der Waals surface area contributed by atoms with E-state index in [1.54, 1.807) is 16.7 Å². The van der Waals surface area contributed by atoms with Gasteiger partial charge in [-0.1, -0.05) is 0 Å². The largest absolute Gasteiger partial charge is 0.444 e. The number of amides is 1. The van der Waals surface area contributed by atoms with Gasteiger partial charge in [0.05, 0.1) is 0 Å². The molecule has 0 aliphatic carbocycles. The number of hydrogen-bond acceptors (Lipinski definition) is 3. The van der Waals surface area contributed by atoms with Crippen molar-refractivity contribution in [3.05, 3.63) is 0 Å². The van der Waals surface area contributed by atoms with Crippen LogP contribution in [-0.4, -0.2) is 46.9 Å². The number of halogens is 3. The molecule has 0 N–H and O–H groups in total. The number of carbonyl (C=O) groups is 1. The number of alkyl halides is 3. The van der Waals surface area contributed by atoms with E-state index in [1.807, 2.05) is 20.8 Å². The molecule has 1 saturated heterocycles. The van der Waals surface area contributed by atoms with E-state index < -0.39 is 18.2 Å². The lowest BCUT2D eigenvalue weighted by Gasteiger charge is -2.28. The molecule has 0 unspecified atom stereocenters. The molecule has 1 aliphatic rings. The Morgan fingerprint density at radius 3 is 2.48 bits per heavy atom. The minimum Gasteiger partial charge on any atom is -0.444 e. The molecule has 0 saturated carbocycles. The maximum Gasteiger partial charge on any atom is 0.410 e. The van der Waals surface area contributed by atoms with E-state index in [2.05, 4.69) is 0 Å². The molecule has 0 aromatic rings. The summed E-state index contributed by atoms with van der Waals surface area (Å²) in [6.07, 6.45) is -1.03. The number of thioether (sulfide) groups is 1. The van der Waals surface area contributed by atoms with E-state index in [9.17, 15) is 18.0 Å². The van der Waals surface area contributed by atoms with Crippen molar-refractivity contribution in [2.45, 2.75) is 77.1 Å². The van der Waals surface area contributed by atoms with Gasteiger partial charge in [0, 0.05) is 19.0 Å². The molecule has 23 heavy (non-hydrogen) atoms. The molecule has 0 bridgehead atoms. The monoisotopic (exact) mass is 355 g/mol. The van der Waals surface area contributed by atoms with Gasteiger partial charge in [0.1, 0.15) is 5.60 Å². The highest BCUT2D eigenvalue weighted by molar-refractivity contribution is 7.99. The average Bonchev–Trinajstić information content (AvgIpc) is 2.82. The first-order chi connectivity index (χ1) is 10.6. The number of ether oxygens (including phenoxy) is 1. The quantitative estimate of drug-likeness (QED) is 0.585. The molecular formula is C16H28F3NO2S. The molecule has 0 aromatic carbocycles. The summed E-state index contributed by atoms with van der Waals surface area (Å²) in [5.74, 6) is 1.39. The van der Waals surface area contributed by atoms with Crippen molar-refractivity contribution < 1.29 is 22.7 Å². The molecular weight excluding hydrogens is 327 g/mol. The minimum atomic E-state index is -4.04. The molecule has 1 aliphatic heterocycles. The lowest BCUT2D eigenvalue weighted by molar-refractivity contribution is -0.134. The summed E-state index contributed by atoms with van der Waals surface area (Å²) < 4.78 is 41.5. The number of hydrogen-bond donors (Lipinski definition) is 0. The second-order valence-electron chi connectivity index (χ2n) is 6.94. The lowest BCUT2D eigenvalue weighted by Crippen LogP contribution is -2.39. The minimum absolute atomic E-state index is 0.182. The summed E-state index contributed by atoms with van der Waals surface area (Å²) in [5, 5.41) is 0. The fourth-order valence-electron chi connectivity index (χ4n) is 2.59. The maximum atomic E-state index is 12.1. The summed E-state index contributed by atoms with van der Waals surface area (Å²) in [5.41, 5.74) is -0.488. The predicted molar refractivity (Wildman–Crippen MR) is 87.8 cm³/mol. The zero-order valence-electron chi connectivity index (χ0n) is 14.2. The molecule has 136 valence electrons. The third-order valence-corrected chi connectivity index (χ3v) is 4.73. The van der Waals surface area contributed by atoms with Gasteiger partial charge in [0.15, 0.2) is 0 Å². The lowest BCUT2D eigenvalue weighted by atomic mass is 10.1. The van der Waals surface area contributed by atoms with Crippen LogP contribution in [0.2, 0.25) is 0 Å². The van der Waals surface area contributed by atoms with Crippen molar-refractivity contribution in [3.8, 4) is 0 Å². The molecule has 1 atom stereocenters. The number of likely N-dealkylation sites (tertiary alicyclic amines) is 1. The van der Waals surface area contributed by atoms with Gasteiger partial charge >= 0.3 is 12.3 Å². The van der Waals surface area contributed by atoms with E-state index in [0.29, 0.717) is 5.75 Å². The van der Waals surface area contributed by atoms with E-state index >= 15 is 0 Å². The van der Waals surface area contributed by atoms with Gasteiger partial charge in [0.2, 0.25) is 0 Å². The highest BCUT2D eigenvalue weighted by Gasteiger charge is 2.31. The van der Waals surface area contributed by atoms with E-state index in [-0.39, 0.29) is 18.6 Å². The molecule has 1 rings (SSSR count). The highest BCUT2D eigenvalue weighted by atomic mass is 32.2. The van der Waals surface area contributed by atoms with Crippen molar-refractivity contribution >= 4 is 17.9 Å². The normalized spacial score (nSPS) is 19.2. The molecule has 0 spiro atoms. The van der Waals surface area contributed by atoms with E-state index in [1.165, 1.54) is 0 Å². The Kier molecular flexibility index (Phi) is 8.04. The Balaban J connectivity index is 2.17. The van der Waals surface area contributed by atoms with Crippen molar-refractivity contribution in [1.29, 1.82) is 0 Å². The van der Waals surface area contributed by atoms with Crippen LogP contribution in [0.15, 0.2) is 0 Å². The van der Waals surface area contributed by atoms with Crippen LogP contribution in [0.1, 0.15) is 59.3 Å². The molecule has 1 amide bonds. The Morgan fingerprint density at radius 1 is 1.22 bits per heavy atom. The SMILES string of the molecule is CC(C)(C)OC(=O)N1CCC[C@H]1CCCSCCCC(F)(F)F. The van der Waals surface area contributed by atoms with Crippen molar-refractivity contribution in [1.82, 2.24) is 4.90 Å². The van der Waals surface area contributed by atoms with Gasteiger partial charge in [-0.25, -0.2) is 4.79 Å². The van der Waals surface area contributed by atoms with Crippen molar-refractivity contribution in [3.63, 3.8) is 0 Å². The first-order valence-corrected chi connectivity index (χ1v) is 9.38. The molecule has 1 fully saturated rings. The Hall–Kier alpha value is -0.590. The maximum absolute atomic E-state index is 12.1. The topological polar surface area (TPSA) is 29.5 Å². The van der Waals surface area contributed by atoms with E-state index in [0.717, 1.165) is 38.0 Å². The van der Waals surface area contributed by atoms with Crippen LogP contribution in [0.25, 0.3) is 0 Å². The van der Waals surface area contributed by atoms with Gasteiger partial charge in [-0.2, -0.15) is 24.9 Å². The van der Waals surface area contributed by atoms with Gasteiger partial charge in [-0.05, 0) is 64.4 Å². The first kappa shape index (κ1) is 20.5. The van der Waals surface area contributed by atoms with Crippen LogP contribution < -0.4 is 0 Å². The summed E-state index contributed by atoms with van der Waals surface area (Å²) in [6.45, 7) is 6.30. The highest BCUT2D eigenvalue weighted by Crippen LogP contribution is 2.25.